The van der Waals surface area contributed by atoms with E-state index in [0.29, 0.717) is 50.5 Å². The zero-order valence-corrected chi connectivity index (χ0v) is 23.1. The largest absolute Gasteiger partial charge is 0.495 e. The molecule has 0 spiro atoms. The first-order chi connectivity index (χ1) is 18.8. The summed E-state index contributed by atoms with van der Waals surface area (Å²) < 4.78 is 11.3. The van der Waals surface area contributed by atoms with Crippen LogP contribution in [0.5, 0.6) is 5.75 Å². The Morgan fingerprint density at radius 2 is 1.82 bits per heavy atom. The fourth-order valence-electron chi connectivity index (χ4n) is 4.32. The maximum absolute atomic E-state index is 13.6. The van der Waals surface area contributed by atoms with Gasteiger partial charge in [-0.3, -0.25) is 9.59 Å². The molecule has 3 aromatic rings. The molecule has 0 bridgehead atoms. The number of ether oxygens (including phenoxy) is 1. The van der Waals surface area contributed by atoms with Gasteiger partial charge in [0, 0.05) is 11.4 Å². The van der Waals surface area contributed by atoms with E-state index in [-0.39, 0.29) is 11.7 Å². The van der Waals surface area contributed by atoms with Crippen LogP contribution in [0.25, 0.3) is 0 Å². The fourth-order valence-corrected chi connectivity index (χ4v) is 5.21. The number of thioether (sulfide) groups is 1. The molecule has 1 aromatic heterocycles. The van der Waals surface area contributed by atoms with E-state index in [1.54, 1.807) is 44.2 Å². The summed E-state index contributed by atoms with van der Waals surface area (Å²) in [6.45, 7) is 5.64. The number of carbonyl (C=O) groups excluding carboxylic acids is 2. The van der Waals surface area contributed by atoms with Gasteiger partial charge in [0.2, 0.25) is 5.91 Å². The summed E-state index contributed by atoms with van der Waals surface area (Å²) in [5.41, 5.74) is 3.59. The first-order valence-electron chi connectivity index (χ1n) is 12.5. The molecule has 4 rings (SSSR count). The minimum Gasteiger partial charge on any atom is -0.495 e. The van der Waals surface area contributed by atoms with Gasteiger partial charge in [0.25, 0.3) is 5.91 Å². The molecule has 9 heteroatoms. The van der Waals surface area contributed by atoms with Crippen molar-refractivity contribution in [2.75, 3.05) is 23.5 Å². The first kappa shape index (κ1) is 27.6. The number of nitriles is 1. The van der Waals surface area contributed by atoms with Gasteiger partial charge < -0.3 is 25.1 Å². The van der Waals surface area contributed by atoms with Crippen LogP contribution in [0.1, 0.15) is 36.8 Å². The quantitative estimate of drug-likeness (QED) is 0.310. The summed E-state index contributed by atoms with van der Waals surface area (Å²) in [6, 6.07) is 20.6. The third kappa shape index (κ3) is 6.36. The standard InChI is InChI=1S/C30H30N4O4S/c1-5-20-11-13-21(14-12-20)33-26(35)17-39-30-22(16-31)28(25-15-10-18(2)38-25)27(19(3)32-30)29(36)34-23-8-6-7-9-24(23)37-4/h6-15,28,32H,5,17H2,1-4H3,(H,33,35)(H,34,36)/t28-/m1/s1. The Kier molecular flexibility index (Phi) is 8.79. The molecule has 0 fully saturated rings. The van der Waals surface area contributed by atoms with Gasteiger partial charge in [-0.05, 0) is 62.2 Å². The summed E-state index contributed by atoms with van der Waals surface area (Å²) in [6.07, 6.45) is 0.920. The smallest absolute Gasteiger partial charge is 0.254 e. The third-order valence-electron chi connectivity index (χ3n) is 6.29. The van der Waals surface area contributed by atoms with Gasteiger partial charge in [-0.15, -0.1) is 0 Å². The Morgan fingerprint density at radius 3 is 2.46 bits per heavy atom. The average Bonchev–Trinajstić information content (AvgIpc) is 3.37. The Balaban J connectivity index is 1.59. The number of dihydropyridines is 1. The Bertz CT molecular complexity index is 1480. The Morgan fingerprint density at radius 1 is 1.08 bits per heavy atom. The lowest BCUT2D eigenvalue weighted by Crippen LogP contribution is -2.31. The van der Waals surface area contributed by atoms with Gasteiger partial charge in [-0.25, -0.2) is 0 Å². The molecule has 0 radical (unpaired) electrons. The number of aryl methyl sites for hydroxylation is 2. The molecule has 200 valence electrons. The van der Waals surface area contributed by atoms with Gasteiger partial charge in [0.05, 0.1) is 46.7 Å². The van der Waals surface area contributed by atoms with Crippen molar-refractivity contribution in [2.45, 2.75) is 33.1 Å². The van der Waals surface area contributed by atoms with Crippen LogP contribution in [0, 0.1) is 18.3 Å². The molecule has 0 unspecified atom stereocenters. The van der Waals surface area contributed by atoms with Crippen LogP contribution in [0.15, 0.2) is 87.0 Å². The van der Waals surface area contributed by atoms with Gasteiger partial charge >= 0.3 is 0 Å². The monoisotopic (exact) mass is 542 g/mol. The molecule has 0 saturated heterocycles. The van der Waals surface area contributed by atoms with Crippen LogP contribution in [0.4, 0.5) is 11.4 Å². The number of para-hydroxylation sites is 2. The number of methoxy groups -OCH3 is 1. The molecule has 39 heavy (non-hydrogen) atoms. The molecule has 8 nitrogen and oxygen atoms in total. The van der Waals surface area contributed by atoms with Crippen LogP contribution in [0.3, 0.4) is 0 Å². The van der Waals surface area contributed by atoms with Crippen molar-refractivity contribution in [3.63, 3.8) is 0 Å². The molecule has 0 aliphatic carbocycles. The number of nitrogens with one attached hydrogen (secondary N) is 3. The molecular weight excluding hydrogens is 512 g/mol. The van der Waals surface area contributed by atoms with Gasteiger partial charge in [-0.1, -0.05) is 43.0 Å². The average molecular weight is 543 g/mol. The Hall–Kier alpha value is -4.42. The highest BCUT2D eigenvalue weighted by Gasteiger charge is 2.37. The van der Waals surface area contributed by atoms with Crippen molar-refractivity contribution in [1.29, 1.82) is 5.26 Å². The minimum atomic E-state index is -0.758. The highest BCUT2D eigenvalue weighted by Crippen LogP contribution is 2.42. The summed E-state index contributed by atoms with van der Waals surface area (Å²) >= 11 is 1.20. The van der Waals surface area contributed by atoms with E-state index < -0.39 is 11.8 Å². The fraction of sp³-hybridized carbons (Fsp3) is 0.233. The van der Waals surface area contributed by atoms with E-state index in [0.717, 1.165) is 6.42 Å². The number of allylic oxidation sites excluding steroid dienone is 2. The van der Waals surface area contributed by atoms with Crippen molar-refractivity contribution < 1.29 is 18.7 Å². The lowest BCUT2D eigenvalue weighted by molar-refractivity contribution is -0.114. The van der Waals surface area contributed by atoms with Crippen LogP contribution in [0.2, 0.25) is 0 Å². The van der Waals surface area contributed by atoms with Crippen molar-refractivity contribution >= 4 is 35.0 Å². The molecule has 2 amide bonds. The second kappa shape index (κ2) is 12.4. The van der Waals surface area contributed by atoms with Crippen molar-refractivity contribution in [1.82, 2.24) is 5.32 Å². The van der Waals surface area contributed by atoms with Crippen LogP contribution in [-0.2, 0) is 16.0 Å². The normalized spacial score (nSPS) is 14.9. The minimum absolute atomic E-state index is 0.0724. The maximum Gasteiger partial charge on any atom is 0.254 e. The van der Waals surface area contributed by atoms with Crippen molar-refractivity contribution in [3.8, 4) is 11.8 Å². The summed E-state index contributed by atoms with van der Waals surface area (Å²) in [4.78, 5) is 26.3. The zero-order chi connectivity index (χ0) is 27.9. The van der Waals surface area contributed by atoms with Crippen molar-refractivity contribution in [2.24, 2.45) is 0 Å². The first-order valence-corrected chi connectivity index (χ1v) is 13.5. The van der Waals surface area contributed by atoms with Crippen LogP contribution < -0.4 is 20.7 Å². The highest BCUT2D eigenvalue weighted by atomic mass is 32.2. The summed E-state index contributed by atoms with van der Waals surface area (Å²) in [7, 11) is 1.53. The molecule has 1 aliphatic heterocycles. The number of anilines is 2. The van der Waals surface area contributed by atoms with Crippen molar-refractivity contribution in [3.05, 3.63) is 99.6 Å². The second-order valence-corrected chi connectivity index (χ2v) is 9.93. The molecule has 1 aliphatic rings. The molecule has 1 atom stereocenters. The topological polar surface area (TPSA) is 116 Å². The van der Waals surface area contributed by atoms with E-state index in [4.69, 9.17) is 9.15 Å². The van der Waals surface area contributed by atoms with E-state index >= 15 is 0 Å². The Labute approximate surface area is 232 Å². The van der Waals surface area contributed by atoms with Crippen LogP contribution in [-0.4, -0.2) is 24.7 Å². The number of hydrogen-bond donors (Lipinski definition) is 3. The number of amides is 2. The molecular formula is C30H30N4O4S. The third-order valence-corrected chi connectivity index (χ3v) is 7.30. The van der Waals surface area contributed by atoms with Gasteiger partial charge in [0.15, 0.2) is 0 Å². The second-order valence-electron chi connectivity index (χ2n) is 8.94. The van der Waals surface area contributed by atoms with Gasteiger partial charge in [0.1, 0.15) is 17.3 Å². The number of rotatable bonds is 9. The van der Waals surface area contributed by atoms with E-state index in [2.05, 4.69) is 28.9 Å². The lowest BCUT2D eigenvalue weighted by atomic mass is 9.85. The zero-order valence-electron chi connectivity index (χ0n) is 22.3. The molecule has 2 heterocycles. The molecule has 2 aromatic carbocycles. The summed E-state index contributed by atoms with van der Waals surface area (Å²) in [5, 5.41) is 19.7. The number of nitrogens with zero attached hydrogens (tertiary/aromatic N) is 1. The predicted molar refractivity (Wildman–Crippen MR) is 153 cm³/mol. The number of hydrogen-bond acceptors (Lipinski definition) is 7. The summed E-state index contributed by atoms with van der Waals surface area (Å²) in [5.74, 6) is 0.353. The van der Waals surface area contributed by atoms with E-state index in [1.807, 2.05) is 30.3 Å². The molecule has 0 saturated carbocycles. The van der Waals surface area contributed by atoms with E-state index in [1.165, 1.54) is 24.4 Å². The SMILES string of the molecule is CCc1ccc(NC(=O)CSC2=C(C#N)[C@H](c3ccc(C)o3)C(C(=O)Nc3ccccc3OC)=C(C)N2)cc1. The van der Waals surface area contributed by atoms with E-state index in [9.17, 15) is 14.9 Å². The predicted octanol–water partition coefficient (Wildman–Crippen LogP) is 5.87. The number of benzene rings is 2. The van der Waals surface area contributed by atoms with Gasteiger partial charge in [-0.2, -0.15) is 5.26 Å². The number of carbonyl (C=O) groups is 2. The van der Waals surface area contributed by atoms with Crippen LogP contribution >= 0.6 is 11.8 Å². The number of furan rings is 1. The lowest BCUT2D eigenvalue weighted by Gasteiger charge is -2.28. The molecule has 3 N–H and O–H groups in total. The highest BCUT2D eigenvalue weighted by molar-refractivity contribution is 8.03. The maximum atomic E-state index is 13.6.